The summed E-state index contributed by atoms with van der Waals surface area (Å²) in [5.74, 6) is 0.868. The summed E-state index contributed by atoms with van der Waals surface area (Å²) in [6.07, 6.45) is 5.69. The van der Waals surface area contributed by atoms with Gasteiger partial charge in [0.05, 0.1) is 6.20 Å². The predicted molar refractivity (Wildman–Crippen MR) is 110 cm³/mol. The number of aromatic nitrogens is 3. The summed E-state index contributed by atoms with van der Waals surface area (Å²) in [7, 11) is 0. The normalized spacial score (nSPS) is 10.7. The topological polar surface area (TPSA) is 71.3 Å². The van der Waals surface area contributed by atoms with Crippen LogP contribution in [0.15, 0.2) is 79.3 Å². The van der Waals surface area contributed by atoms with Crippen LogP contribution in [0.1, 0.15) is 12.0 Å². The van der Waals surface area contributed by atoms with E-state index in [0.717, 1.165) is 28.3 Å². The zero-order valence-electron chi connectivity index (χ0n) is 15.4. The number of benzene rings is 2. The van der Waals surface area contributed by atoms with Gasteiger partial charge in [0, 0.05) is 37.5 Å². The fourth-order valence-corrected chi connectivity index (χ4v) is 3.05. The molecule has 2 aromatic heterocycles. The van der Waals surface area contributed by atoms with Gasteiger partial charge in [-0.25, -0.2) is 4.98 Å². The lowest BCUT2D eigenvalue weighted by molar-refractivity contribution is -0.121. The van der Waals surface area contributed by atoms with Gasteiger partial charge in [0.25, 0.3) is 0 Å². The van der Waals surface area contributed by atoms with E-state index in [1.807, 2.05) is 71.3 Å². The highest BCUT2D eigenvalue weighted by atomic mass is 16.1. The molecule has 1 amide bonds. The van der Waals surface area contributed by atoms with Crippen LogP contribution in [0.3, 0.4) is 0 Å². The van der Waals surface area contributed by atoms with Crippen LogP contribution in [0.4, 0.5) is 5.82 Å². The van der Waals surface area contributed by atoms with E-state index in [2.05, 4.69) is 15.6 Å². The van der Waals surface area contributed by atoms with Gasteiger partial charge in [0.15, 0.2) is 5.65 Å². The number of fused-ring (bicyclic) bond motifs is 1. The van der Waals surface area contributed by atoms with Crippen molar-refractivity contribution in [3.63, 3.8) is 0 Å². The molecule has 4 rings (SSSR count). The van der Waals surface area contributed by atoms with Gasteiger partial charge in [0.2, 0.25) is 5.91 Å². The van der Waals surface area contributed by atoms with E-state index < -0.39 is 0 Å². The van der Waals surface area contributed by atoms with Crippen LogP contribution in [0, 0.1) is 0 Å². The van der Waals surface area contributed by atoms with E-state index in [1.54, 1.807) is 12.4 Å². The number of carbonyl (C=O) groups excluding carboxylic acids is 1. The van der Waals surface area contributed by atoms with Crippen LogP contribution in [0.5, 0.6) is 0 Å². The summed E-state index contributed by atoms with van der Waals surface area (Å²) >= 11 is 0. The van der Waals surface area contributed by atoms with Crippen LogP contribution in [0.25, 0.3) is 16.9 Å². The summed E-state index contributed by atoms with van der Waals surface area (Å²) in [4.78, 5) is 21.0. The third-order valence-corrected chi connectivity index (χ3v) is 4.45. The van der Waals surface area contributed by atoms with Crippen molar-refractivity contribution in [2.45, 2.75) is 13.0 Å². The van der Waals surface area contributed by atoms with Crippen LogP contribution in [-0.2, 0) is 11.3 Å². The second kappa shape index (κ2) is 8.35. The molecule has 0 aliphatic rings. The van der Waals surface area contributed by atoms with Crippen molar-refractivity contribution in [2.24, 2.45) is 0 Å². The van der Waals surface area contributed by atoms with Gasteiger partial charge >= 0.3 is 0 Å². The van der Waals surface area contributed by atoms with Crippen molar-refractivity contribution in [3.8, 4) is 11.3 Å². The Bertz CT molecular complexity index is 1060. The molecule has 28 heavy (non-hydrogen) atoms. The number of carbonyl (C=O) groups is 1. The Hall–Kier alpha value is -3.67. The fraction of sp³-hybridized carbons (Fsp3) is 0.136. The molecule has 0 saturated heterocycles. The molecule has 0 bridgehead atoms. The third kappa shape index (κ3) is 4.01. The molecule has 2 aromatic carbocycles. The zero-order chi connectivity index (χ0) is 19.2. The first-order valence-corrected chi connectivity index (χ1v) is 9.23. The fourth-order valence-electron chi connectivity index (χ4n) is 3.05. The van der Waals surface area contributed by atoms with Gasteiger partial charge in [-0.3, -0.25) is 14.2 Å². The summed E-state index contributed by atoms with van der Waals surface area (Å²) in [5.41, 5.74) is 3.71. The summed E-state index contributed by atoms with van der Waals surface area (Å²) in [5, 5.41) is 6.33. The van der Waals surface area contributed by atoms with E-state index in [4.69, 9.17) is 4.98 Å². The molecule has 6 heteroatoms. The first-order chi connectivity index (χ1) is 13.8. The minimum absolute atomic E-state index is 0.00750. The molecule has 6 nitrogen and oxygen atoms in total. The van der Waals surface area contributed by atoms with Crippen molar-refractivity contribution in [2.75, 3.05) is 11.9 Å². The lowest BCUT2D eigenvalue weighted by atomic mass is 10.1. The Morgan fingerprint density at radius 3 is 2.54 bits per heavy atom. The second-order valence-electron chi connectivity index (χ2n) is 6.42. The third-order valence-electron chi connectivity index (χ3n) is 4.45. The van der Waals surface area contributed by atoms with E-state index in [1.165, 1.54) is 0 Å². The molecule has 4 aromatic rings. The molecular weight excluding hydrogens is 350 g/mol. The standard InChI is InChI=1S/C22H21N5O/c28-20(25-15-17-7-3-1-4-8-17)11-12-24-22-21(18-9-5-2-6-10-18)26-19-16-23-13-14-27(19)22/h1-10,13-14,16,24H,11-12,15H2,(H,25,28). The number of nitrogens with zero attached hydrogens (tertiary/aromatic N) is 3. The van der Waals surface area contributed by atoms with Gasteiger partial charge in [-0.15, -0.1) is 0 Å². The molecule has 0 aliphatic heterocycles. The molecule has 0 unspecified atom stereocenters. The molecular formula is C22H21N5O. The molecule has 2 N–H and O–H groups in total. The minimum Gasteiger partial charge on any atom is -0.369 e. The van der Waals surface area contributed by atoms with Crippen molar-refractivity contribution in [1.29, 1.82) is 0 Å². The summed E-state index contributed by atoms with van der Waals surface area (Å²) in [6, 6.07) is 19.9. The maximum atomic E-state index is 12.2. The number of hydrogen-bond acceptors (Lipinski definition) is 4. The number of rotatable bonds is 7. The van der Waals surface area contributed by atoms with Crippen molar-refractivity contribution >= 4 is 17.4 Å². The van der Waals surface area contributed by atoms with Gasteiger partial charge in [-0.05, 0) is 5.56 Å². The van der Waals surface area contributed by atoms with Crippen LogP contribution in [-0.4, -0.2) is 26.8 Å². The number of amides is 1. The molecule has 0 fully saturated rings. The summed E-state index contributed by atoms with van der Waals surface area (Å²) in [6.45, 7) is 1.05. The highest BCUT2D eigenvalue weighted by molar-refractivity contribution is 5.78. The van der Waals surface area contributed by atoms with E-state index in [9.17, 15) is 4.79 Å². The maximum absolute atomic E-state index is 12.2. The van der Waals surface area contributed by atoms with Crippen molar-refractivity contribution in [3.05, 3.63) is 84.8 Å². The lowest BCUT2D eigenvalue weighted by Gasteiger charge is -2.09. The molecule has 0 radical (unpaired) electrons. The average molecular weight is 371 g/mol. The Morgan fingerprint density at radius 2 is 1.75 bits per heavy atom. The SMILES string of the molecule is O=C(CCNc1c(-c2ccccc2)nc2cnccn12)NCc1ccccc1. The highest BCUT2D eigenvalue weighted by Gasteiger charge is 2.14. The van der Waals surface area contributed by atoms with Crippen molar-refractivity contribution in [1.82, 2.24) is 19.7 Å². The van der Waals surface area contributed by atoms with Gasteiger partial charge in [-0.2, -0.15) is 0 Å². The Kier molecular flexibility index (Phi) is 5.29. The molecule has 0 saturated carbocycles. The second-order valence-corrected chi connectivity index (χ2v) is 6.42. The van der Waals surface area contributed by atoms with E-state index >= 15 is 0 Å². The highest BCUT2D eigenvalue weighted by Crippen LogP contribution is 2.28. The average Bonchev–Trinajstić information content (AvgIpc) is 3.12. The minimum atomic E-state index is 0.00750. The summed E-state index contributed by atoms with van der Waals surface area (Å²) < 4.78 is 1.96. The molecule has 2 heterocycles. The monoisotopic (exact) mass is 371 g/mol. The molecule has 0 spiro atoms. The van der Waals surface area contributed by atoms with E-state index in [0.29, 0.717) is 19.5 Å². The van der Waals surface area contributed by atoms with Crippen LogP contribution >= 0.6 is 0 Å². The van der Waals surface area contributed by atoms with Crippen molar-refractivity contribution < 1.29 is 4.79 Å². The smallest absolute Gasteiger partial charge is 0.222 e. The van der Waals surface area contributed by atoms with Gasteiger partial charge in [0.1, 0.15) is 11.5 Å². The first-order valence-electron chi connectivity index (χ1n) is 9.23. The predicted octanol–water partition coefficient (Wildman–Crippen LogP) is 3.51. The van der Waals surface area contributed by atoms with Crippen LogP contribution < -0.4 is 10.6 Å². The molecule has 0 aliphatic carbocycles. The largest absolute Gasteiger partial charge is 0.369 e. The zero-order valence-corrected chi connectivity index (χ0v) is 15.4. The molecule has 0 atom stereocenters. The number of hydrogen-bond donors (Lipinski definition) is 2. The number of nitrogens with one attached hydrogen (secondary N) is 2. The Morgan fingerprint density at radius 1 is 1.00 bits per heavy atom. The van der Waals surface area contributed by atoms with E-state index in [-0.39, 0.29) is 5.91 Å². The quantitative estimate of drug-likeness (QED) is 0.521. The maximum Gasteiger partial charge on any atom is 0.222 e. The van der Waals surface area contributed by atoms with Gasteiger partial charge < -0.3 is 10.6 Å². The van der Waals surface area contributed by atoms with Crippen LogP contribution in [0.2, 0.25) is 0 Å². The Balaban J connectivity index is 1.43. The number of anilines is 1. The molecule has 140 valence electrons. The number of imidazole rings is 1. The first kappa shape index (κ1) is 17.7. The lowest BCUT2D eigenvalue weighted by Crippen LogP contribution is -2.25. The Labute approximate surface area is 163 Å². The van der Waals surface area contributed by atoms with Gasteiger partial charge in [-0.1, -0.05) is 60.7 Å².